The van der Waals surface area contributed by atoms with Crippen molar-refractivity contribution in [1.29, 1.82) is 0 Å². The Morgan fingerprint density at radius 3 is 2.64 bits per heavy atom. The first kappa shape index (κ1) is 14.3. The van der Waals surface area contributed by atoms with Gasteiger partial charge in [-0.05, 0) is 18.2 Å². The number of ketones is 1. The molecule has 0 spiro atoms. The van der Waals surface area contributed by atoms with Crippen molar-refractivity contribution in [2.24, 2.45) is 0 Å². The zero-order valence-corrected chi connectivity index (χ0v) is 12.0. The van der Waals surface area contributed by atoms with Crippen LogP contribution >= 0.6 is 0 Å². The van der Waals surface area contributed by atoms with Crippen molar-refractivity contribution in [3.8, 4) is 5.75 Å². The van der Waals surface area contributed by atoms with E-state index in [0.717, 1.165) is 0 Å². The molecule has 3 rings (SSSR count). The van der Waals surface area contributed by atoms with Crippen LogP contribution in [0.15, 0.2) is 48.5 Å². The molecule has 1 atom stereocenters. The van der Waals surface area contributed by atoms with E-state index >= 15 is 0 Å². The largest absolute Gasteiger partial charge is 0.496 e. The summed E-state index contributed by atoms with van der Waals surface area (Å²) < 4.78 is 5.16. The van der Waals surface area contributed by atoms with Gasteiger partial charge in [-0.1, -0.05) is 30.3 Å². The minimum absolute atomic E-state index is 0.337. The van der Waals surface area contributed by atoms with Gasteiger partial charge in [-0.3, -0.25) is 9.59 Å². The molecule has 1 heterocycles. The van der Waals surface area contributed by atoms with Crippen molar-refractivity contribution in [3.63, 3.8) is 0 Å². The van der Waals surface area contributed by atoms with Crippen molar-refractivity contribution in [3.05, 3.63) is 59.7 Å². The summed E-state index contributed by atoms with van der Waals surface area (Å²) >= 11 is 0. The van der Waals surface area contributed by atoms with Crippen molar-refractivity contribution >= 4 is 17.4 Å². The molecule has 1 aliphatic heterocycles. The lowest BCUT2D eigenvalue weighted by atomic mass is 9.88. The second-order valence-corrected chi connectivity index (χ2v) is 5.16. The highest BCUT2D eigenvalue weighted by Gasteiger charge is 2.46. The minimum atomic E-state index is -1.85. The van der Waals surface area contributed by atoms with E-state index in [-0.39, 0.29) is 12.2 Å². The summed E-state index contributed by atoms with van der Waals surface area (Å²) in [5.41, 5.74) is -0.559. The Morgan fingerprint density at radius 1 is 1.18 bits per heavy atom. The van der Waals surface area contributed by atoms with Gasteiger partial charge < -0.3 is 15.2 Å². The van der Waals surface area contributed by atoms with Crippen LogP contribution < -0.4 is 10.1 Å². The van der Waals surface area contributed by atoms with E-state index in [0.29, 0.717) is 22.6 Å². The normalized spacial score (nSPS) is 19.5. The Hall–Kier alpha value is -2.66. The number of hydrogen-bond donors (Lipinski definition) is 2. The molecule has 2 aromatic rings. The number of rotatable bonds is 4. The summed E-state index contributed by atoms with van der Waals surface area (Å²) in [5, 5.41) is 13.3. The second-order valence-electron chi connectivity index (χ2n) is 5.16. The molecule has 2 N–H and O–H groups in total. The van der Waals surface area contributed by atoms with Gasteiger partial charge in [0.1, 0.15) is 5.75 Å². The SMILES string of the molecule is COc1ccccc1C(=O)C[C@]1(O)C(=O)Nc2ccccc21. The van der Waals surface area contributed by atoms with Gasteiger partial charge in [0.2, 0.25) is 0 Å². The Labute approximate surface area is 127 Å². The van der Waals surface area contributed by atoms with Crippen LogP contribution in [-0.2, 0) is 10.4 Å². The average Bonchev–Trinajstić information content (AvgIpc) is 2.78. The standard InChI is InChI=1S/C17H15NO4/c1-22-15-9-5-2-6-11(15)14(19)10-17(21)12-7-3-4-8-13(12)18-16(17)20/h2-9,21H,10H2,1H3,(H,18,20)/t17-/m1/s1. The number of ether oxygens (including phenoxy) is 1. The number of methoxy groups -OCH3 is 1. The first-order valence-corrected chi connectivity index (χ1v) is 6.86. The summed E-state index contributed by atoms with van der Waals surface area (Å²) in [7, 11) is 1.47. The van der Waals surface area contributed by atoms with E-state index in [1.54, 1.807) is 48.5 Å². The quantitative estimate of drug-likeness (QED) is 0.848. The van der Waals surface area contributed by atoms with Crippen LogP contribution in [0.1, 0.15) is 22.3 Å². The van der Waals surface area contributed by atoms with Crippen LogP contribution in [0.2, 0.25) is 0 Å². The van der Waals surface area contributed by atoms with Gasteiger partial charge in [0, 0.05) is 11.3 Å². The van der Waals surface area contributed by atoms with Crippen molar-refractivity contribution in [2.45, 2.75) is 12.0 Å². The maximum absolute atomic E-state index is 12.5. The number of nitrogens with one attached hydrogen (secondary N) is 1. The lowest BCUT2D eigenvalue weighted by Crippen LogP contribution is -2.36. The molecule has 0 unspecified atom stereocenters. The molecule has 0 bridgehead atoms. The first-order valence-electron chi connectivity index (χ1n) is 6.86. The molecule has 0 saturated carbocycles. The van der Waals surface area contributed by atoms with Crippen LogP contribution in [0.25, 0.3) is 0 Å². The lowest BCUT2D eigenvalue weighted by molar-refractivity contribution is -0.133. The molecule has 1 amide bonds. The van der Waals surface area contributed by atoms with E-state index in [1.165, 1.54) is 7.11 Å². The van der Waals surface area contributed by atoms with E-state index in [4.69, 9.17) is 4.74 Å². The number of hydrogen-bond acceptors (Lipinski definition) is 4. The van der Waals surface area contributed by atoms with Crippen LogP contribution in [-0.4, -0.2) is 23.9 Å². The Kier molecular flexibility index (Phi) is 3.42. The summed E-state index contributed by atoms with van der Waals surface area (Å²) in [6, 6.07) is 13.6. The highest BCUT2D eigenvalue weighted by molar-refractivity contribution is 6.09. The Bertz CT molecular complexity index is 756. The molecule has 112 valence electrons. The third kappa shape index (κ3) is 2.16. The third-order valence-corrected chi connectivity index (χ3v) is 3.82. The molecule has 5 nitrogen and oxygen atoms in total. The zero-order chi connectivity index (χ0) is 15.7. The number of aliphatic hydroxyl groups is 1. The maximum Gasteiger partial charge on any atom is 0.261 e. The Morgan fingerprint density at radius 2 is 1.86 bits per heavy atom. The van der Waals surface area contributed by atoms with Gasteiger partial charge in [0.25, 0.3) is 5.91 Å². The molecule has 0 fully saturated rings. The van der Waals surface area contributed by atoms with Crippen molar-refractivity contribution in [1.82, 2.24) is 0 Å². The number of amides is 1. The van der Waals surface area contributed by atoms with E-state index in [9.17, 15) is 14.7 Å². The Balaban J connectivity index is 1.95. The maximum atomic E-state index is 12.5. The summed E-state index contributed by atoms with van der Waals surface area (Å²) in [4.78, 5) is 24.7. The van der Waals surface area contributed by atoms with Crippen molar-refractivity contribution < 1.29 is 19.4 Å². The second kappa shape index (κ2) is 5.27. The highest BCUT2D eigenvalue weighted by Crippen LogP contribution is 2.39. The number of benzene rings is 2. The van der Waals surface area contributed by atoms with Gasteiger partial charge in [0.05, 0.1) is 19.1 Å². The van der Waals surface area contributed by atoms with E-state index in [1.807, 2.05) is 0 Å². The number of Topliss-reactive ketones (excluding diaryl/α,β-unsaturated/α-hetero) is 1. The fraction of sp³-hybridized carbons (Fsp3) is 0.176. The number of anilines is 1. The van der Waals surface area contributed by atoms with E-state index < -0.39 is 11.5 Å². The van der Waals surface area contributed by atoms with Gasteiger partial charge in [0.15, 0.2) is 11.4 Å². The molecular formula is C17H15NO4. The summed E-state index contributed by atoms with van der Waals surface area (Å²) in [6.45, 7) is 0. The monoisotopic (exact) mass is 297 g/mol. The smallest absolute Gasteiger partial charge is 0.261 e. The minimum Gasteiger partial charge on any atom is -0.496 e. The molecule has 1 aliphatic rings. The number of carbonyl (C=O) groups is 2. The molecule has 5 heteroatoms. The lowest BCUT2D eigenvalue weighted by Gasteiger charge is -2.20. The molecule has 22 heavy (non-hydrogen) atoms. The van der Waals surface area contributed by atoms with E-state index in [2.05, 4.69) is 5.32 Å². The van der Waals surface area contributed by atoms with Crippen LogP contribution in [0.5, 0.6) is 5.75 Å². The molecule has 2 aromatic carbocycles. The third-order valence-electron chi connectivity index (χ3n) is 3.82. The highest BCUT2D eigenvalue weighted by atomic mass is 16.5. The predicted molar refractivity (Wildman–Crippen MR) is 80.9 cm³/mol. The molecule has 0 aromatic heterocycles. The summed E-state index contributed by atoms with van der Waals surface area (Å²) in [5.74, 6) is -0.522. The number of carbonyl (C=O) groups excluding carboxylic acids is 2. The molecule has 0 radical (unpaired) electrons. The molecule has 0 aliphatic carbocycles. The predicted octanol–water partition coefficient (Wildman–Crippen LogP) is 2.11. The molecule has 0 saturated heterocycles. The average molecular weight is 297 g/mol. The van der Waals surface area contributed by atoms with Gasteiger partial charge in [-0.15, -0.1) is 0 Å². The fourth-order valence-electron chi connectivity index (χ4n) is 2.68. The topological polar surface area (TPSA) is 75.6 Å². The van der Waals surface area contributed by atoms with Gasteiger partial charge >= 0.3 is 0 Å². The van der Waals surface area contributed by atoms with Crippen LogP contribution in [0.4, 0.5) is 5.69 Å². The van der Waals surface area contributed by atoms with Crippen molar-refractivity contribution in [2.75, 3.05) is 12.4 Å². The van der Waals surface area contributed by atoms with Gasteiger partial charge in [-0.2, -0.15) is 0 Å². The summed E-state index contributed by atoms with van der Waals surface area (Å²) in [6.07, 6.45) is -0.337. The fourth-order valence-corrected chi connectivity index (χ4v) is 2.68. The van der Waals surface area contributed by atoms with Gasteiger partial charge in [-0.25, -0.2) is 0 Å². The number of para-hydroxylation sites is 2. The van der Waals surface area contributed by atoms with Crippen LogP contribution in [0, 0.1) is 0 Å². The number of fused-ring (bicyclic) bond motifs is 1. The first-order chi connectivity index (χ1) is 10.6. The molecular weight excluding hydrogens is 282 g/mol. The zero-order valence-electron chi connectivity index (χ0n) is 12.0. The van der Waals surface area contributed by atoms with Crippen LogP contribution in [0.3, 0.4) is 0 Å².